The molecule has 1 N–H and O–H groups in total. The number of hydrogen-bond acceptors (Lipinski definition) is 4. The highest BCUT2D eigenvalue weighted by Gasteiger charge is 2.28. The minimum atomic E-state index is 0.0337. The molecular weight excluding hydrogens is 254 g/mol. The number of nitrogens with zero attached hydrogens (tertiary/aromatic N) is 4. The zero-order chi connectivity index (χ0) is 13.9. The van der Waals surface area contributed by atoms with Crippen molar-refractivity contribution in [2.24, 2.45) is 0 Å². The maximum Gasteiger partial charge on any atom is 0.224 e. The van der Waals surface area contributed by atoms with Crippen molar-refractivity contribution in [3.8, 4) is 11.4 Å². The van der Waals surface area contributed by atoms with Crippen LogP contribution >= 0.6 is 0 Å². The van der Waals surface area contributed by atoms with Gasteiger partial charge in [0.1, 0.15) is 0 Å². The minimum Gasteiger partial charge on any atom is -0.326 e. The molecule has 0 unspecified atom stereocenters. The molecule has 0 spiro atoms. The average Bonchev–Trinajstić information content (AvgIpc) is 3.16. The van der Waals surface area contributed by atoms with Crippen molar-refractivity contribution in [3.63, 3.8) is 0 Å². The molecule has 1 fully saturated rings. The van der Waals surface area contributed by atoms with E-state index in [1.165, 1.54) is 0 Å². The summed E-state index contributed by atoms with van der Waals surface area (Å²) in [6.45, 7) is 1.99. The van der Waals surface area contributed by atoms with E-state index in [0.29, 0.717) is 12.5 Å². The number of tetrazole rings is 1. The normalized spacial score (nSPS) is 14.2. The molecule has 0 saturated heterocycles. The summed E-state index contributed by atoms with van der Waals surface area (Å²) in [6.07, 6.45) is 3.63. The fraction of sp³-hybridized carbons (Fsp3) is 0.429. The van der Waals surface area contributed by atoms with E-state index in [-0.39, 0.29) is 5.91 Å². The Labute approximate surface area is 117 Å². The van der Waals surface area contributed by atoms with Gasteiger partial charge in [0, 0.05) is 17.7 Å². The molecule has 1 heterocycles. The lowest BCUT2D eigenvalue weighted by Gasteiger charge is -2.07. The van der Waals surface area contributed by atoms with Crippen LogP contribution in [0.15, 0.2) is 24.3 Å². The highest BCUT2D eigenvalue weighted by Crippen LogP contribution is 2.36. The van der Waals surface area contributed by atoms with E-state index in [0.717, 1.165) is 36.3 Å². The molecule has 1 aliphatic carbocycles. The average molecular weight is 271 g/mol. The monoisotopic (exact) mass is 271 g/mol. The summed E-state index contributed by atoms with van der Waals surface area (Å²) < 4.78 is 1.87. The molecule has 0 bridgehead atoms. The third-order valence-corrected chi connectivity index (χ3v) is 3.27. The van der Waals surface area contributed by atoms with Gasteiger partial charge < -0.3 is 5.32 Å². The Kier molecular flexibility index (Phi) is 3.45. The first-order chi connectivity index (χ1) is 9.78. The predicted octanol–water partition coefficient (Wildman–Crippen LogP) is 2.41. The van der Waals surface area contributed by atoms with Crippen LogP contribution in [0.2, 0.25) is 0 Å². The Morgan fingerprint density at radius 1 is 1.45 bits per heavy atom. The highest BCUT2D eigenvalue weighted by molar-refractivity contribution is 5.91. The van der Waals surface area contributed by atoms with E-state index < -0.39 is 0 Å². The van der Waals surface area contributed by atoms with Crippen molar-refractivity contribution in [2.45, 2.75) is 38.6 Å². The molecule has 1 amide bonds. The number of anilines is 1. The number of carbonyl (C=O) groups excluding carboxylic acids is 1. The lowest BCUT2D eigenvalue weighted by Crippen LogP contribution is -2.10. The Balaban J connectivity index is 1.83. The number of nitrogens with one attached hydrogen (secondary N) is 1. The first-order valence-electron chi connectivity index (χ1n) is 6.96. The summed E-state index contributed by atoms with van der Waals surface area (Å²) in [7, 11) is 0. The zero-order valence-electron chi connectivity index (χ0n) is 11.4. The SMILES string of the molecule is CCCC(=O)Nc1cccc(-c2nnnn2C2CC2)c1. The summed E-state index contributed by atoms with van der Waals surface area (Å²) in [5, 5.41) is 14.8. The summed E-state index contributed by atoms with van der Waals surface area (Å²) in [5.41, 5.74) is 1.71. The molecule has 0 aliphatic heterocycles. The number of aromatic nitrogens is 4. The maximum atomic E-state index is 11.6. The van der Waals surface area contributed by atoms with Crippen LogP contribution in [0.5, 0.6) is 0 Å². The molecule has 3 rings (SSSR count). The molecule has 0 radical (unpaired) electrons. The van der Waals surface area contributed by atoms with E-state index in [1.807, 2.05) is 35.9 Å². The first kappa shape index (κ1) is 12.8. The van der Waals surface area contributed by atoms with Gasteiger partial charge in [-0.25, -0.2) is 4.68 Å². The van der Waals surface area contributed by atoms with Gasteiger partial charge >= 0.3 is 0 Å². The van der Waals surface area contributed by atoms with E-state index >= 15 is 0 Å². The molecule has 1 aliphatic rings. The van der Waals surface area contributed by atoms with Gasteiger partial charge in [-0.05, 0) is 41.8 Å². The molecule has 6 heteroatoms. The van der Waals surface area contributed by atoms with Gasteiger partial charge in [-0.1, -0.05) is 19.1 Å². The molecule has 1 aromatic heterocycles. The number of carbonyl (C=O) groups is 1. The highest BCUT2D eigenvalue weighted by atomic mass is 16.1. The molecule has 6 nitrogen and oxygen atoms in total. The third kappa shape index (κ3) is 2.68. The Hall–Kier alpha value is -2.24. The van der Waals surface area contributed by atoms with Crippen molar-refractivity contribution in [1.29, 1.82) is 0 Å². The number of hydrogen-bond donors (Lipinski definition) is 1. The van der Waals surface area contributed by atoms with E-state index in [2.05, 4.69) is 20.8 Å². The quantitative estimate of drug-likeness (QED) is 0.906. The standard InChI is InChI=1S/C14H17N5O/c1-2-4-13(20)15-11-6-3-5-10(9-11)14-16-17-18-19(14)12-7-8-12/h3,5-6,9,12H,2,4,7-8H2,1H3,(H,15,20). The zero-order valence-corrected chi connectivity index (χ0v) is 11.4. The van der Waals surface area contributed by atoms with Gasteiger partial charge in [-0.15, -0.1) is 5.10 Å². The second kappa shape index (κ2) is 5.40. The van der Waals surface area contributed by atoms with Crippen LogP contribution in [-0.2, 0) is 4.79 Å². The van der Waals surface area contributed by atoms with Gasteiger partial charge in [0.05, 0.1) is 6.04 Å². The van der Waals surface area contributed by atoms with E-state index in [1.54, 1.807) is 0 Å². The molecule has 1 aromatic carbocycles. The van der Waals surface area contributed by atoms with Crippen molar-refractivity contribution >= 4 is 11.6 Å². The summed E-state index contributed by atoms with van der Waals surface area (Å²) >= 11 is 0. The number of rotatable bonds is 5. The molecule has 2 aromatic rings. The fourth-order valence-corrected chi connectivity index (χ4v) is 2.14. The second-order valence-electron chi connectivity index (χ2n) is 5.06. The van der Waals surface area contributed by atoms with Crippen LogP contribution in [0, 0.1) is 0 Å². The van der Waals surface area contributed by atoms with Crippen LogP contribution in [-0.4, -0.2) is 26.1 Å². The van der Waals surface area contributed by atoms with Gasteiger partial charge in [-0.2, -0.15) is 0 Å². The summed E-state index contributed by atoms with van der Waals surface area (Å²) in [4.78, 5) is 11.6. The van der Waals surface area contributed by atoms with E-state index in [9.17, 15) is 4.79 Å². The van der Waals surface area contributed by atoms with Crippen LogP contribution in [0.25, 0.3) is 11.4 Å². The van der Waals surface area contributed by atoms with Crippen LogP contribution < -0.4 is 5.32 Å². The van der Waals surface area contributed by atoms with Gasteiger partial charge in [0.15, 0.2) is 5.82 Å². The topological polar surface area (TPSA) is 72.7 Å². The smallest absolute Gasteiger partial charge is 0.224 e. The predicted molar refractivity (Wildman–Crippen MR) is 75.1 cm³/mol. The molecule has 20 heavy (non-hydrogen) atoms. The Bertz CT molecular complexity index is 618. The van der Waals surface area contributed by atoms with Crippen LogP contribution in [0.3, 0.4) is 0 Å². The van der Waals surface area contributed by atoms with Gasteiger partial charge in [-0.3, -0.25) is 4.79 Å². The Morgan fingerprint density at radius 2 is 2.30 bits per heavy atom. The molecule has 104 valence electrons. The van der Waals surface area contributed by atoms with Gasteiger partial charge in [0.25, 0.3) is 0 Å². The largest absolute Gasteiger partial charge is 0.326 e. The minimum absolute atomic E-state index is 0.0337. The Morgan fingerprint density at radius 3 is 3.05 bits per heavy atom. The van der Waals surface area contributed by atoms with Crippen molar-refractivity contribution in [2.75, 3.05) is 5.32 Å². The van der Waals surface area contributed by atoms with Gasteiger partial charge in [0.2, 0.25) is 5.91 Å². The lowest BCUT2D eigenvalue weighted by molar-refractivity contribution is -0.116. The van der Waals surface area contributed by atoms with Crippen LogP contribution in [0.1, 0.15) is 38.6 Å². The van der Waals surface area contributed by atoms with Crippen LogP contribution in [0.4, 0.5) is 5.69 Å². The number of benzene rings is 1. The van der Waals surface area contributed by atoms with E-state index in [4.69, 9.17) is 0 Å². The lowest BCUT2D eigenvalue weighted by atomic mass is 10.2. The summed E-state index contributed by atoms with van der Waals surface area (Å²) in [5.74, 6) is 0.797. The third-order valence-electron chi connectivity index (χ3n) is 3.27. The van der Waals surface area contributed by atoms with Crippen molar-refractivity contribution < 1.29 is 4.79 Å². The first-order valence-corrected chi connectivity index (χ1v) is 6.96. The second-order valence-corrected chi connectivity index (χ2v) is 5.06. The van der Waals surface area contributed by atoms with Crippen molar-refractivity contribution in [3.05, 3.63) is 24.3 Å². The number of amides is 1. The molecular formula is C14H17N5O. The molecule has 1 saturated carbocycles. The fourth-order valence-electron chi connectivity index (χ4n) is 2.14. The maximum absolute atomic E-state index is 11.6. The summed E-state index contributed by atoms with van der Waals surface area (Å²) in [6, 6.07) is 8.09. The molecule has 0 atom stereocenters. The van der Waals surface area contributed by atoms with Crippen molar-refractivity contribution in [1.82, 2.24) is 20.2 Å².